The molecule has 3 rings (SSSR count). The molecule has 3 heteroatoms. The monoisotopic (exact) mass is 271 g/mol. The summed E-state index contributed by atoms with van der Waals surface area (Å²) in [7, 11) is 1.69. The molecule has 1 aliphatic heterocycles. The van der Waals surface area contributed by atoms with E-state index < -0.39 is 6.10 Å². The summed E-state index contributed by atoms with van der Waals surface area (Å²) < 4.78 is 5.42. The Bertz CT molecular complexity index is 591. The van der Waals surface area contributed by atoms with E-state index in [1.54, 1.807) is 7.11 Å². The van der Waals surface area contributed by atoms with Gasteiger partial charge in [-0.3, -0.25) is 0 Å². The van der Waals surface area contributed by atoms with Gasteiger partial charge in [-0.25, -0.2) is 0 Å². The Morgan fingerprint density at radius 2 is 1.80 bits per heavy atom. The van der Waals surface area contributed by atoms with Crippen LogP contribution in [0, 0.1) is 5.92 Å². The maximum Gasteiger partial charge on any atom is 0.126 e. The van der Waals surface area contributed by atoms with Gasteiger partial charge in [0, 0.05) is 5.39 Å². The number of piperidine rings is 1. The minimum absolute atomic E-state index is 0.341. The predicted molar refractivity (Wildman–Crippen MR) is 81.1 cm³/mol. The van der Waals surface area contributed by atoms with E-state index in [2.05, 4.69) is 11.4 Å². The van der Waals surface area contributed by atoms with Crippen molar-refractivity contribution in [2.24, 2.45) is 5.92 Å². The highest BCUT2D eigenvalue weighted by Gasteiger charge is 2.24. The summed E-state index contributed by atoms with van der Waals surface area (Å²) in [6.45, 7) is 1.99. The Balaban J connectivity index is 2.02. The third-order valence-electron chi connectivity index (χ3n) is 4.29. The molecule has 2 aromatic carbocycles. The molecule has 2 aromatic rings. The maximum absolute atomic E-state index is 10.7. The minimum atomic E-state index is -0.395. The van der Waals surface area contributed by atoms with Gasteiger partial charge < -0.3 is 15.2 Å². The van der Waals surface area contributed by atoms with Crippen LogP contribution in [0.4, 0.5) is 0 Å². The molecule has 2 N–H and O–H groups in total. The highest BCUT2D eigenvalue weighted by atomic mass is 16.5. The quantitative estimate of drug-likeness (QED) is 0.902. The van der Waals surface area contributed by atoms with Gasteiger partial charge in [-0.1, -0.05) is 30.3 Å². The largest absolute Gasteiger partial charge is 0.496 e. The molecule has 0 radical (unpaired) electrons. The van der Waals surface area contributed by atoms with Crippen molar-refractivity contribution in [2.45, 2.75) is 18.9 Å². The molecule has 0 aromatic heterocycles. The summed E-state index contributed by atoms with van der Waals surface area (Å²) in [6.07, 6.45) is 1.66. The topological polar surface area (TPSA) is 41.5 Å². The highest BCUT2D eigenvalue weighted by molar-refractivity contribution is 5.91. The van der Waals surface area contributed by atoms with Crippen LogP contribution in [0.25, 0.3) is 10.8 Å². The maximum atomic E-state index is 10.7. The van der Waals surface area contributed by atoms with Crippen LogP contribution in [0.5, 0.6) is 5.75 Å². The first-order valence-electron chi connectivity index (χ1n) is 7.25. The van der Waals surface area contributed by atoms with Crippen molar-refractivity contribution in [1.29, 1.82) is 0 Å². The Morgan fingerprint density at radius 3 is 2.50 bits per heavy atom. The normalized spacial score (nSPS) is 18.1. The second-order valence-corrected chi connectivity index (χ2v) is 5.43. The van der Waals surface area contributed by atoms with Gasteiger partial charge in [0.05, 0.1) is 13.2 Å². The van der Waals surface area contributed by atoms with Gasteiger partial charge in [0.15, 0.2) is 0 Å². The number of fused-ring (bicyclic) bond motifs is 1. The van der Waals surface area contributed by atoms with Gasteiger partial charge >= 0.3 is 0 Å². The lowest BCUT2D eigenvalue weighted by molar-refractivity contribution is 0.0902. The molecule has 1 heterocycles. The fourth-order valence-corrected chi connectivity index (χ4v) is 3.14. The first-order chi connectivity index (χ1) is 9.81. The van der Waals surface area contributed by atoms with E-state index in [1.807, 2.05) is 30.3 Å². The van der Waals surface area contributed by atoms with Crippen molar-refractivity contribution >= 4 is 10.8 Å². The third kappa shape index (κ3) is 2.39. The second-order valence-electron chi connectivity index (χ2n) is 5.43. The minimum Gasteiger partial charge on any atom is -0.496 e. The standard InChI is InChI=1S/C17H21NO2/c1-20-16-7-6-15(13-4-2-3-5-14(13)16)17(19)12-8-10-18-11-9-12/h2-7,12,17-19H,8-11H2,1H3. The number of hydrogen-bond acceptors (Lipinski definition) is 3. The number of aliphatic hydroxyl groups is 1. The molecule has 1 aliphatic rings. The predicted octanol–water partition coefficient (Wildman–Crippen LogP) is 2.88. The molecular weight excluding hydrogens is 250 g/mol. The van der Waals surface area contributed by atoms with Crippen molar-refractivity contribution in [1.82, 2.24) is 5.32 Å². The SMILES string of the molecule is COc1ccc(C(O)C2CCNCC2)c2ccccc12. The van der Waals surface area contributed by atoms with Crippen LogP contribution >= 0.6 is 0 Å². The van der Waals surface area contributed by atoms with Gasteiger partial charge in [-0.15, -0.1) is 0 Å². The first-order valence-corrected chi connectivity index (χ1v) is 7.25. The number of benzene rings is 2. The van der Waals surface area contributed by atoms with Crippen LogP contribution in [0.2, 0.25) is 0 Å². The van der Waals surface area contributed by atoms with E-state index in [4.69, 9.17) is 4.74 Å². The lowest BCUT2D eigenvalue weighted by Gasteiger charge is -2.28. The van der Waals surface area contributed by atoms with E-state index in [0.29, 0.717) is 5.92 Å². The molecule has 1 atom stereocenters. The number of hydrogen-bond donors (Lipinski definition) is 2. The molecule has 0 saturated carbocycles. The van der Waals surface area contributed by atoms with Gasteiger partial charge in [0.25, 0.3) is 0 Å². The molecule has 0 aliphatic carbocycles. The van der Waals surface area contributed by atoms with Crippen LogP contribution < -0.4 is 10.1 Å². The molecule has 3 nitrogen and oxygen atoms in total. The number of rotatable bonds is 3. The van der Waals surface area contributed by atoms with Crippen LogP contribution in [0.15, 0.2) is 36.4 Å². The zero-order valence-electron chi connectivity index (χ0n) is 11.8. The number of methoxy groups -OCH3 is 1. The molecular formula is C17H21NO2. The molecule has 1 saturated heterocycles. The molecule has 20 heavy (non-hydrogen) atoms. The number of ether oxygens (including phenoxy) is 1. The van der Waals surface area contributed by atoms with Crippen molar-refractivity contribution in [3.05, 3.63) is 42.0 Å². The summed E-state index contributed by atoms with van der Waals surface area (Å²) in [5.74, 6) is 1.20. The molecule has 0 bridgehead atoms. The van der Waals surface area contributed by atoms with Crippen molar-refractivity contribution in [2.75, 3.05) is 20.2 Å². The lowest BCUT2D eigenvalue weighted by Crippen LogP contribution is -2.30. The molecule has 1 fully saturated rings. The summed E-state index contributed by atoms with van der Waals surface area (Å²) in [5, 5.41) is 16.2. The lowest BCUT2D eigenvalue weighted by atomic mass is 9.86. The van der Waals surface area contributed by atoms with E-state index in [9.17, 15) is 5.11 Å². The average molecular weight is 271 g/mol. The average Bonchev–Trinajstić information content (AvgIpc) is 2.54. The molecule has 0 spiro atoms. The van der Waals surface area contributed by atoms with Crippen LogP contribution in [0.3, 0.4) is 0 Å². The molecule has 106 valence electrons. The Kier molecular flexibility index (Phi) is 3.90. The smallest absolute Gasteiger partial charge is 0.126 e. The summed E-state index contributed by atoms with van der Waals surface area (Å²) >= 11 is 0. The number of nitrogens with one attached hydrogen (secondary N) is 1. The van der Waals surface area contributed by atoms with Gasteiger partial charge in [0.2, 0.25) is 0 Å². The highest BCUT2D eigenvalue weighted by Crippen LogP contribution is 2.36. The van der Waals surface area contributed by atoms with Crippen LogP contribution in [-0.4, -0.2) is 25.3 Å². The Hall–Kier alpha value is -1.58. The van der Waals surface area contributed by atoms with Crippen molar-refractivity contribution < 1.29 is 9.84 Å². The number of aliphatic hydroxyl groups excluding tert-OH is 1. The first kappa shape index (κ1) is 13.4. The van der Waals surface area contributed by atoms with Crippen molar-refractivity contribution in [3.8, 4) is 5.75 Å². The zero-order valence-corrected chi connectivity index (χ0v) is 11.8. The van der Waals surface area contributed by atoms with Crippen LogP contribution in [0.1, 0.15) is 24.5 Å². The fourth-order valence-electron chi connectivity index (χ4n) is 3.14. The Morgan fingerprint density at radius 1 is 1.10 bits per heavy atom. The van der Waals surface area contributed by atoms with Crippen molar-refractivity contribution in [3.63, 3.8) is 0 Å². The summed E-state index contributed by atoms with van der Waals surface area (Å²) in [4.78, 5) is 0. The van der Waals surface area contributed by atoms with E-state index in [0.717, 1.165) is 48.0 Å². The fraction of sp³-hybridized carbons (Fsp3) is 0.412. The third-order valence-corrected chi connectivity index (χ3v) is 4.29. The van der Waals surface area contributed by atoms with E-state index >= 15 is 0 Å². The van der Waals surface area contributed by atoms with Gasteiger partial charge in [-0.2, -0.15) is 0 Å². The van der Waals surface area contributed by atoms with E-state index in [-0.39, 0.29) is 0 Å². The van der Waals surface area contributed by atoms with E-state index in [1.165, 1.54) is 0 Å². The molecule has 1 unspecified atom stereocenters. The van der Waals surface area contributed by atoms with Crippen LogP contribution in [-0.2, 0) is 0 Å². The summed E-state index contributed by atoms with van der Waals surface area (Å²) in [6, 6.07) is 12.1. The second kappa shape index (κ2) is 5.81. The zero-order chi connectivity index (χ0) is 13.9. The summed E-state index contributed by atoms with van der Waals surface area (Å²) in [5.41, 5.74) is 1.02. The Labute approximate surface area is 119 Å². The van der Waals surface area contributed by atoms with Gasteiger partial charge in [0.1, 0.15) is 5.75 Å². The van der Waals surface area contributed by atoms with Gasteiger partial charge in [-0.05, 0) is 48.9 Å². The molecule has 0 amide bonds.